The number of aromatic nitrogens is 1. The number of nitrogen functional groups attached to an aromatic ring is 1. The van der Waals surface area contributed by atoms with Gasteiger partial charge in [0.15, 0.2) is 0 Å². The number of anilines is 1. The summed E-state index contributed by atoms with van der Waals surface area (Å²) in [6.45, 7) is 1.84. The molecule has 1 aromatic heterocycles. The number of halogens is 3. The monoisotopic (exact) mass is 521 g/mol. The minimum atomic E-state index is -4.37. The Hall–Kier alpha value is -3.81. The van der Waals surface area contributed by atoms with E-state index >= 15 is 0 Å². The largest absolute Gasteiger partial charge is 0.457 e. The number of ether oxygens (including phenoxy) is 1. The maximum atomic E-state index is 12.8. The number of benzene rings is 2. The number of carbonyl (C=O) groups excluding carboxylic acids is 1. The van der Waals surface area contributed by atoms with Crippen LogP contribution >= 0.6 is 0 Å². The van der Waals surface area contributed by atoms with E-state index in [4.69, 9.17) is 10.5 Å². The quantitative estimate of drug-likeness (QED) is 0.347. The van der Waals surface area contributed by atoms with Gasteiger partial charge in [0.25, 0.3) is 5.91 Å². The second-order valence-corrected chi connectivity index (χ2v) is 10.2. The molecule has 0 saturated heterocycles. The first-order valence-electron chi connectivity index (χ1n) is 12.8. The van der Waals surface area contributed by atoms with E-state index in [2.05, 4.69) is 16.4 Å². The zero-order valence-electron chi connectivity index (χ0n) is 21.1. The van der Waals surface area contributed by atoms with Crippen molar-refractivity contribution < 1.29 is 22.7 Å². The highest BCUT2D eigenvalue weighted by atomic mass is 19.4. The number of hydrogen-bond acceptors (Lipinski definition) is 4. The van der Waals surface area contributed by atoms with Gasteiger partial charge in [-0.2, -0.15) is 13.2 Å². The number of nitrogens with one attached hydrogen (secondary N) is 1. The van der Waals surface area contributed by atoms with Crippen LogP contribution in [0.5, 0.6) is 11.5 Å². The lowest BCUT2D eigenvalue weighted by Gasteiger charge is -2.44. The van der Waals surface area contributed by atoms with Gasteiger partial charge in [-0.3, -0.25) is 4.79 Å². The Kier molecular flexibility index (Phi) is 7.15. The number of allylic oxidation sites excluding steroid dienone is 2. The van der Waals surface area contributed by atoms with Crippen molar-refractivity contribution in [3.05, 3.63) is 94.7 Å². The van der Waals surface area contributed by atoms with Crippen molar-refractivity contribution in [1.29, 1.82) is 0 Å². The average molecular weight is 522 g/mol. The van der Waals surface area contributed by atoms with Crippen LogP contribution in [-0.2, 0) is 12.6 Å². The van der Waals surface area contributed by atoms with Gasteiger partial charge in [-0.15, -0.1) is 0 Å². The number of hydrogen-bond donors (Lipinski definition) is 2. The van der Waals surface area contributed by atoms with Crippen LogP contribution in [0.3, 0.4) is 0 Å². The molecular formula is C30H30F3N3O2. The van der Waals surface area contributed by atoms with Gasteiger partial charge in [-0.1, -0.05) is 23.8 Å². The first kappa shape index (κ1) is 25.8. The zero-order chi connectivity index (χ0) is 26.9. The number of aryl methyl sites for hydroxylation is 1. The van der Waals surface area contributed by atoms with Crippen molar-refractivity contribution in [2.75, 3.05) is 5.73 Å². The van der Waals surface area contributed by atoms with E-state index in [1.54, 1.807) is 12.1 Å². The Morgan fingerprint density at radius 3 is 2.61 bits per heavy atom. The summed E-state index contributed by atoms with van der Waals surface area (Å²) in [7, 11) is 0. The Bertz CT molecular complexity index is 1350. The fourth-order valence-corrected chi connectivity index (χ4v) is 5.50. The molecule has 1 heterocycles. The molecule has 3 N–H and O–H groups in total. The topological polar surface area (TPSA) is 77.2 Å². The summed E-state index contributed by atoms with van der Waals surface area (Å²) >= 11 is 0. The molecule has 5 nitrogen and oxygen atoms in total. The predicted molar refractivity (Wildman–Crippen MR) is 140 cm³/mol. The third-order valence-electron chi connectivity index (χ3n) is 7.63. The maximum absolute atomic E-state index is 12.8. The van der Waals surface area contributed by atoms with E-state index in [0.717, 1.165) is 55.4 Å². The number of fused-ring (bicyclic) bond motifs is 3. The van der Waals surface area contributed by atoms with E-state index in [1.165, 1.54) is 23.9 Å². The second-order valence-electron chi connectivity index (χ2n) is 10.2. The number of alkyl halides is 3. The van der Waals surface area contributed by atoms with Gasteiger partial charge in [-0.05, 0) is 104 Å². The van der Waals surface area contributed by atoms with Crippen molar-refractivity contribution in [1.82, 2.24) is 10.3 Å². The molecule has 3 saturated carbocycles. The highest BCUT2D eigenvalue weighted by molar-refractivity contribution is 5.94. The minimum absolute atomic E-state index is 0.103. The van der Waals surface area contributed by atoms with Crippen molar-refractivity contribution in [2.45, 2.75) is 51.2 Å². The highest BCUT2D eigenvalue weighted by Crippen LogP contribution is 2.45. The van der Waals surface area contributed by atoms with Crippen LogP contribution in [0.15, 0.2) is 72.4 Å². The number of carbonyl (C=O) groups is 1. The van der Waals surface area contributed by atoms with Crippen LogP contribution in [0, 0.1) is 18.8 Å². The molecule has 2 aromatic carbocycles. The summed E-state index contributed by atoms with van der Waals surface area (Å²) in [5.74, 6) is 2.13. The van der Waals surface area contributed by atoms with Crippen LogP contribution in [-0.4, -0.2) is 16.9 Å². The van der Waals surface area contributed by atoms with Gasteiger partial charge < -0.3 is 15.8 Å². The standard InChI is InChI=1S/C30H30F3N3O2/c1-18-13-23(17-35-28(18)34)29(37)36-27-16-21-7-8-22(27)15-20(21)6-5-19-3-2-4-26(14-19)38-25-11-9-24(10-12-25)30(31,32)33/h2-4,6,9-14,17,21-22,27H,5,7-8,15-16H2,1H3,(H2,34,35)(H,36,37)/b20-6+. The molecule has 38 heavy (non-hydrogen) atoms. The van der Waals surface area contributed by atoms with E-state index in [0.29, 0.717) is 34.7 Å². The zero-order valence-corrected chi connectivity index (χ0v) is 21.1. The Morgan fingerprint density at radius 2 is 1.92 bits per heavy atom. The van der Waals surface area contributed by atoms with Crippen LogP contribution in [0.25, 0.3) is 0 Å². The summed E-state index contributed by atoms with van der Waals surface area (Å²) in [6, 6.07) is 14.2. The highest BCUT2D eigenvalue weighted by Gasteiger charge is 2.39. The van der Waals surface area contributed by atoms with E-state index in [9.17, 15) is 18.0 Å². The fraction of sp³-hybridized carbons (Fsp3) is 0.333. The molecule has 3 aliphatic carbocycles. The molecule has 0 spiro atoms. The average Bonchev–Trinajstić information content (AvgIpc) is 2.89. The number of nitrogens with zero attached hydrogens (tertiary/aromatic N) is 1. The number of nitrogens with two attached hydrogens (primary N) is 1. The van der Waals surface area contributed by atoms with Crippen molar-refractivity contribution in [2.24, 2.45) is 11.8 Å². The lowest BCUT2D eigenvalue weighted by Crippen LogP contribution is -2.47. The van der Waals surface area contributed by atoms with Gasteiger partial charge in [-0.25, -0.2) is 4.98 Å². The predicted octanol–water partition coefficient (Wildman–Crippen LogP) is 6.87. The van der Waals surface area contributed by atoms with E-state index < -0.39 is 11.7 Å². The Balaban J connectivity index is 1.19. The molecule has 3 aromatic rings. The van der Waals surface area contributed by atoms with Gasteiger partial charge in [0.05, 0.1) is 11.1 Å². The maximum Gasteiger partial charge on any atom is 0.416 e. The summed E-state index contributed by atoms with van der Waals surface area (Å²) in [5.41, 5.74) is 8.91. The summed E-state index contributed by atoms with van der Waals surface area (Å²) in [5, 5.41) is 3.22. The smallest absolute Gasteiger partial charge is 0.416 e. The Morgan fingerprint density at radius 1 is 1.13 bits per heavy atom. The first-order chi connectivity index (χ1) is 18.2. The molecule has 8 heteroatoms. The van der Waals surface area contributed by atoms with E-state index in [-0.39, 0.29) is 11.9 Å². The summed E-state index contributed by atoms with van der Waals surface area (Å²) in [6.07, 6.45) is 4.32. The lowest BCUT2D eigenvalue weighted by atomic mass is 9.65. The van der Waals surface area contributed by atoms with Gasteiger partial charge in [0, 0.05) is 12.2 Å². The normalized spacial score (nSPS) is 21.9. The van der Waals surface area contributed by atoms with Crippen LogP contribution in [0.4, 0.5) is 19.0 Å². The van der Waals surface area contributed by atoms with Gasteiger partial charge >= 0.3 is 6.18 Å². The van der Waals surface area contributed by atoms with Crippen LogP contribution in [0.1, 0.15) is 52.7 Å². The molecule has 3 aliphatic rings. The van der Waals surface area contributed by atoms with Gasteiger partial charge in [0.1, 0.15) is 17.3 Å². The molecule has 3 atom stereocenters. The van der Waals surface area contributed by atoms with Crippen molar-refractivity contribution in [3.63, 3.8) is 0 Å². The summed E-state index contributed by atoms with van der Waals surface area (Å²) < 4.78 is 44.2. The molecule has 3 unspecified atom stereocenters. The van der Waals surface area contributed by atoms with Crippen molar-refractivity contribution >= 4 is 11.7 Å². The molecule has 2 bridgehead atoms. The third-order valence-corrected chi connectivity index (χ3v) is 7.63. The number of amides is 1. The first-order valence-corrected chi connectivity index (χ1v) is 12.8. The second kappa shape index (κ2) is 10.5. The van der Waals surface area contributed by atoms with Crippen LogP contribution in [0.2, 0.25) is 0 Å². The van der Waals surface area contributed by atoms with Crippen LogP contribution < -0.4 is 15.8 Å². The third kappa shape index (κ3) is 5.85. The number of rotatable bonds is 6. The number of pyridine rings is 1. The fourth-order valence-electron chi connectivity index (χ4n) is 5.50. The molecule has 6 rings (SSSR count). The van der Waals surface area contributed by atoms with Crippen molar-refractivity contribution in [3.8, 4) is 11.5 Å². The molecular weight excluding hydrogens is 491 g/mol. The van der Waals surface area contributed by atoms with E-state index in [1.807, 2.05) is 25.1 Å². The van der Waals surface area contributed by atoms with Gasteiger partial charge in [0.2, 0.25) is 0 Å². The molecule has 198 valence electrons. The lowest BCUT2D eigenvalue weighted by molar-refractivity contribution is -0.137. The minimum Gasteiger partial charge on any atom is -0.457 e. The SMILES string of the molecule is Cc1cc(C(=O)NC2CC3CCC2C/C3=C\Cc2cccc(Oc3ccc(C(F)(F)F)cc3)c2)cnc1N. The molecule has 1 amide bonds. The summed E-state index contributed by atoms with van der Waals surface area (Å²) in [4.78, 5) is 16.9. The molecule has 3 fully saturated rings. The molecule has 0 radical (unpaired) electrons. The molecule has 0 aliphatic heterocycles. The Labute approximate surface area is 219 Å².